The van der Waals surface area contributed by atoms with Gasteiger partial charge in [-0.25, -0.2) is 0 Å². The fourth-order valence-corrected chi connectivity index (χ4v) is 3.59. The van der Waals surface area contributed by atoms with E-state index in [0.717, 1.165) is 39.0 Å². The van der Waals surface area contributed by atoms with Gasteiger partial charge in [0.1, 0.15) is 0 Å². The molecule has 16 heavy (non-hydrogen) atoms. The van der Waals surface area contributed by atoms with Crippen molar-refractivity contribution in [1.29, 1.82) is 0 Å². The minimum atomic E-state index is 0.385. The fraction of sp³-hybridized carbons (Fsp3) is 0.917. The zero-order valence-corrected chi connectivity index (χ0v) is 10.7. The highest BCUT2D eigenvalue weighted by atomic mass is 32.2. The van der Waals surface area contributed by atoms with E-state index in [0.29, 0.717) is 11.8 Å². The minimum absolute atomic E-state index is 0.385. The molecule has 2 fully saturated rings. The summed E-state index contributed by atoms with van der Waals surface area (Å²) in [5, 5.41) is 3.34. The van der Waals surface area contributed by atoms with Crippen molar-refractivity contribution in [2.75, 3.05) is 37.7 Å². The first-order valence-corrected chi connectivity index (χ1v) is 7.58. The zero-order chi connectivity index (χ0) is 11.2. The van der Waals surface area contributed by atoms with Gasteiger partial charge in [-0.05, 0) is 43.2 Å². The van der Waals surface area contributed by atoms with Crippen LogP contribution in [0.4, 0.5) is 0 Å². The van der Waals surface area contributed by atoms with Crippen molar-refractivity contribution in [3.05, 3.63) is 0 Å². The van der Waals surface area contributed by atoms with E-state index < -0.39 is 0 Å². The van der Waals surface area contributed by atoms with Crippen LogP contribution >= 0.6 is 11.8 Å². The quantitative estimate of drug-likeness (QED) is 0.793. The first-order valence-electron chi connectivity index (χ1n) is 6.42. The molecule has 0 saturated carbocycles. The van der Waals surface area contributed by atoms with Gasteiger partial charge in [0.05, 0.1) is 0 Å². The van der Waals surface area contributed by atoms with Crippen molar-refractivity contribution in [1.82, 2.24) is 10.2 Å². The predicted octanol–water partition coefficient (Wildman–Crippen LogP) is 1.34. The number of nitrogens with one attached hydrogen (secondary N) is 1. The van der Waals surface area contributed by atoms with Crippen molar-refractivity contribution >= 4 is 17.7 Å². The lowest BCUT2D eigenvalue weighted by atomic mass is 10.0. The largest absolute Gasteiger partial charge is 0.341 e. The van der Waals surface area contributed by atoms with Crippen LogP contribution in [-0.4, -0.2) is 48.5 Å². The molecule has 2 saturated heterocycles. The Labute approximate surface area is 102 Å². The van der Waals surface area contributed by atoms with Gasteiger partial charge < -0.3 is 10.2 Å². The van der Waals surface area contributed by atoms with Gasteiger partial charge >= 0.3 is 0 Å². The molecule has 92 valence electrons. The van der Waals surface area contributed by atoms with E-state index in [1.807, 2.05) is 11.8 Å². The third-order valence-electron chi connectivity index (χ3n) is 3.41. The third kappa shape index (κ3) is 3.67. The smallest absolute Gasteiger partial charge is 0.222 e. The maximum Gasteiger partial charge on any atom is 0.222 e. The van der Waals surface area contributed by atoms with E-state index >= 15 is 0 Å². The monoisotopic (exact) mass is 242 g/mol. The Bertz CT molecular complexity index is 221. The molecule has 0 aromatic heterocycles. The zero-order valence-electron chi connectivity index (χ0n) is 9.91. The second-order valence-electron chi connectivity index (χ2n) is 4.77. The molecule has 1 N–H and O–H groups in total. The Morgan fingerprint density at radius 3 is 3.06 bits per heavy atom. The summed E-state index contributed by atoms with van der Waals surface area (Å²) < 4.78 is 0. The number of hydrogen-bond donors (Lipinski definition) is 1. The molecular formula is C12H22N2OS. The first kappa shape index (κ1) is 12.2. The third-order valence-corrected chi connectivity index (χ3v) is 4.70. The van der Waals surface area contributed by atoms with Gasteiger partial charge in [0, 0.05) is 26.1 Å². The molecule has 2 heterocycles. The van der Waals surface area contributed by atoms with Crippen LogP contribution in [-0.2, 0) is 4.79 Å². The number of nitrogens with zero attached hydrogens (tertiary/aromatic N) is 1. The van der Waals surface area contributed by atoms with Crippen molar-refractivity contribution in [2.45, 2.75) is 25.7 Å². The maximum atomic E-state index is 12.1. The molecule has 0 bridgehead atoms. The number of carbonyl (C=O) groups excluding carboxylic acids is 1. The Kier molecular flexibility index (Phi) is 4.97. The van der Waals surface area contributed by atoms with E-state index in [2.05, 4.69) is 10.2 Å². The van der Waals surface area contributed by atoms with E-state index in [1.54, 1.807) is 0 Å². The molecular weight excluding hydrogens is 220 g/mol. The van der Waals surface area contributed by atoms with Gasteiger partial charge in [0.2, 0.25) is 5.91 Å². The van der Waals surface area contributed by atoms with Gasteiger partial charge in [0.25, 0.3) is 0 Å². The summed E-state index contributed by atoms with van der Waals surface area (Å²) in [7, 11) is 0. The van der Waals surface area contributed by atoms with Gasteiger partial charge in [0.15, 0.2) is 0 Å². The van der Waals surface area contributed by atoms with E-state index in [1.165, 1.54) is 24.3 Å². The second kappa shape index (κ2) is 6.50. The van der Waals surface area contributed by atoms with Crippen molar-refractivity contribution < 1.29 is 4.79 Å². The number of amides is 1. The highest BCUT2D eigenvalue weighted by Crippen LogP contribution is 2.25. The van der Waals surface area contributed by atoms with Crippen molar-refractivity contribution in [3.63, 3.8) is 0 Å². The Balaban J connectivity index is 1.76. The van der Waals surface area contributed by atoms with Crippen LogP contribution in [0, 0.1) is 5.92 Å². The molecule has 3 nitrogen and oxygen atoms in total. The summed E-state index contributed by atoms with van der Waals surface area (Å²) in [4.78, 5) is 14.2. The predicted molar refractivity (Wildman–Crippen MR) is 68.7 cm³/mol. The second-order valence-corrected chi connectivity index (χ2v) is 5.92. The highest BCUT2D eigenvalue weighted by Gasteiger charge is 2.21. The van der Waals surface area contributed by atoms with E-state index in [9.17, 15) is 4.79 Å². The molecule has 1 amide bonds. The summed E-state index contributed by atoms with van der Waals surface area (Å²) in [5.41, 5.74) is 0. The van der Waals surface area contributed by atoms with Crippen LogP contribution in [0.2, 0.25) is 0 Å². The van der Waals surface area contributed by atoms with E-state index in [-0.39, 0.29) is 0 Å². The van der Waals surface area contributed by atoms with Gasteiger partial charge in [-0.1, -0.05) is 0 Å². The molecule has 1 atom stereocenters. The number of carbonyl (C=O) groups is 1. The lowest BCUT2D eigenvalue weighted by Crippen LogP contribution is -2.35. The number of rotatable bonds is 2. The highest BCUT2D eigenvalue weighted by molar-refractivity contribution is 7.99. The molecule has 4 heteroatoms. The molecule has 2 aliphatic rings. The van der Waals surface area contributed by atoms with Crippen LogP contribution in [0.3, 0.4) is 0 Å². The summed E-state index contributed by atoms with van der Waals surface area (Å²) >= 11 is 2.01. The average molecular weight is 242 g/mol. The number of hydrogen-bond acceptors (Lipinski definition) is 3. The number of thioether (sulfide) groups is 1. The lowest BCUT2D eigenvalue weighted by Gasteiger charge is -2.25. The molecule has 0 radical (unpaired) electrons. The standard InChI is InChI=1S/C12H22N2OS/c15-12(9-11-3-1-8-16-10-11)14-6-2-4-13-5-7-14/h11,13H,1-10H2. The summed E-state index contributed by atoms with van der Waals surface area (Å²) in [6.07, 6.45) is 4.44. The van der Waals surface area contributed by atoms with Gasteiger partial charge in [-0.3, -0.25) is 4.79 Å². The van der Waals surface area contributed by atoms with Crippen molar-refractivity contribution in [2.24, 2.45) is 5.92 Å². The molecule has 0 aromatic rings. The van der Waals surface area contributed by atoms with Crippen molar-refractivity contribution in [3.8, 4) is 0 Å². The van der Waals surface area contributed by atoms with Gasteiger partial charge in [-0.15, -0.1) is 0 Å². The first-order chi connectivity index (χ1) is 7.86. The fourth-order valence-electron chi connectivity index (χ4n) is 2.44. The SMILES string of the molecule is O=C(CC1CCCSC1)N1CCCNCC1. The van der Waals surface area contributed by atoms with Crippen LogP contribution in [0.25, 0.3) is 0 Å². The maximum absolute atomic E-state index is 12.1. The van der Waals surface area contributed by atoms with Crippen LogP contribution < -0.4 is 5.32 Å². The summed E-state index contributed by atoms with van der Waals surface area (Å²) in [6.45, 7) is 3.87. The summed E-state index contributed by atoms with van der Waals surface area (Å²) in [6, 6.07) is 0. The van der Waals surface area contributed by atoms with Gasteiger partial charge in [-0.2, -0.15) is 11.8 Å². The van der Waals surface area contributed by atoms with Crippen LogP contribution in [0.1, 0.15) is 25.7 Å². The lowest BCUT2D eigenvalue weighted by molar-refractivity contribution is -0.131. The Hall–Kier alpha value is -0.220. The molecule has 1 unspecified atom stereocenters. The normalized spacial score (nSPS) is 27.5. The Morgan fingerprint density at radius 1 is 1.31 bits per heavy atom. The van der Waals surface area contributed by atoms with Crippen LogP contribution in [0.15, 0.2) is 0 Å². The topological polar surface area (TPSA) is 32.3 Å². The van der Waals surface area contributed by atoms with E-state index in [4.69, 9.17) is 0 Å². The molecule has 2 rings (SSSR count). The minimum Gasteiger partial charge on any atom is -0.341 e. The molecule has 0 aromatic carbocycles. The molecule has 0 aliphatic carbocycles. The molecule has 2 aliphatic heterocycles. The molecule has 0 spiro atoms. The summed E-state index contributed by atoms with van der Waals surface area (Å²) in [5.74, 6) is 3.51. The van der Waals surface area contributed by atoms with Crippen LogP contribution in [0.5, 0.6) is 0 Å². The Morgan fingerprint density at radius 2 is 2.25 bits per heavy atom. The average Bonchev–Trinajstić information content (AvgIpc) is 2.59.